The van der Waals surface area contributed by atoms with Crippen LogP contribution >= 0.6 is 11.6 Å². The fraction of sp³-hybridized carbons (Fsp3) is 0.294. The number of rotatable bonds is 7. The minimum Gasteiger partial charge on any atom is -0.492 e. The summed E-state index contributed by atoms with van der Waals surface area (Å²) in [6.07, 6.45) is 0. The van der Waals surface area contributed by atoms with Gasteiger partial charge < -0.3 is 4.74 Å². The van der Waals surface area contributed by atoms with Gasteiger partial charge in [-0.3, -0.25) is 0 Å². The number of para-hydroxylation sites is 1. The van der Waals surface area contributed by atoms with Gasteiger partial charge in [-0.1, -0.05) is 55.8 Å². The molecular formula is C17H20ClNO3S. The monoisotopic (exact) mass is 353 g/mol. The predicted octanol–water partition coefficient (Wildman–Crippen LogP) is 3.82. The third kappa shape index (κ3) is 4.70. The molecule has 0 radical (unpaired) electrons. The van der Waals surface area contributed by atoms with Crippen LogP contribution in [0.1, 0.15) is 25.3 Å². The fourth-order valence-corrected chi connectivity index (χ4v) is 3.70. The highest BCUT2D eigenvalue weighted by Gasteiger charge is 2.16. The van der Waals surface area contributed by atoms with Gasteiger partial charge in [-0.05, 0) is 29.7 Å². The van der Waals surface area contributed by atoms with E-state index < -0.39 is 10.0 Å². The second kappa shape index (κ2) is 7.81. The van der Waals surface area contributed by atoms with Crippen LogP contribution in [0.15, 0.2) is 53.4 Å². The maximum absolute atomic E-state index is 12.2. The van der Waals surface area contributed by atoms with Crippen molar-refractivity contribution >= 4 is 21.6 Å². The molecule has 0 aliphatic heterocycles. The Morgan fingerprint density at radius 2 is 1.74 bits per heavy atom. The summed E-state index contributed by atoms with van der Waals surface area (Å²) in [5.41, 5.74) is 1.10. The molecular weight excluding hydrogens is 334 g/mol. The molecule has 0 saturated carbocycles. The van der Waals surface area contributed by atoms with Gasteiger partial charge >= 0.3 is 0 Å². The lowest BCUT2D eigenvalue weighted by Gasteiger charge is -2.14. The Morgan fingerprint density at radius 1 is 1.09 bits per heavy atom. The quantitative estimate of drug-likeness (QED) is 0.770. The molecule has 2 aromatic rings. The Bertz CT molecular complexity index is 760. The average molecular weight is 354 g/mol. The standard InChI is InChI=1S/C17H20ClNO3S/c1-13(2)14-7-3-5-9-16(14)22-12-11-19-23(20,21)17-10-6-4-8-15(17)18/h3-10,13,19H,11-12H2,1-2H3. The molecule has 4 nitrogen and oxygen atoms in total. The molecule has 0 aliphatic rings. The summed E-state index contributed by atoms with van der Waals surface area (Å²) in [6, 6.07) is 14.1. The molecule has 0 bridgehead atoms. The molecule has 0 amide bonds. The highest BCUT2D eigenvalue weighted by Crippen LogP contribution is 2.25. The van der Waals surface area contributed by atoms with Crippen LogP contribution in [0.25, 0.3) is 0 Å². The molecule has 0 saturated heterocycles. The van der Waals surface area contributed by atoms with Crippen molar-refractivity contribution in [3.05, 3.63) is 59.1 Å². The Hall–Kier alpha value is -1.56. The van der Waals surface area contributed by atoms with E-state index in [-0.39, 0.29) is 23.1 Å². The van der Waals surface area contributed by atoms with Gasteiger partial charge in [-0.15, -0.1) is 0 Å². The van der Waals surface area contributed by atoms with Crippen LogP contribution in [-0.2, 0) is 10.0 Å². The molecule has 0 aliphatic carbocycles. The van der Waals surface area contributed by atoms with Crippen molar-refractivity contribution in [3.8, 4) is 5.75 Å². The van der Waals surface area contributed by atoms with Gasteiger partial charge in [0.25, 0.3) is 0 Å². The molecule has 0 fully saturated rings. The first-order valence-corrected chi connectivity index (χ1v) is 9.24. The Labute approximate surface area is 142 Å². The Balaban J connectivity index is 1.95. The molecule has 124 valence electrons. The van der Waals surface area contributed by atoms with Gasteiger partial charge in [0, 0.05) is 6.54 Å². The Kier molecular flexibility index (Phi) is 6.04. The molecule has 0 unspecified atom stereocenters. The predicted molar refractivity (Wildman–Crippen MR) is 92.7 cm³/mol. The van der Waals surface area contributed by atoms with Crippen LogP contribution in [0.5, 0.6) is 5.75 Å². The highest BCUT2D eigenvalue weighted by molar-refractivity contribution is 7.89. The zero-order chi connectivity index (χ0) is 16.9. The van der Waals surface area contributed by atoms with E-state index >= 15 is 0 Å². The minimum absolute atomic E-state index is 0.0734. The zero-order valence-electron chi connectivity index (χ0n) is 13.1. The van der Waals surface area contributed by atoms with E-state index in [0.717, 1.165) is 11.3 Å². The van der Waals surface area contributed by atoms with Gasteiger partial charge in [0.15, 0.2) is 0 Å². The first-order valence-electron chi connectivity index (χ1n) is 7.37. The molecule has 6 heteroatoms. The van der Waals surface area contributed by atoms with E-state index in [1.165, 1.54) is 6.07 Å². The van der Waals surface area contributed by atoms with Crippen molar-refractivity contribution < 1.29 is 13.2 Å². The summed E-state index contributed by atoms with van der Waals surface area (Å²) in [5.74, 6) is 1.12. The van der Waals surface area contributed by atoms with Crippen molar-refractivity contribution in [1.82, 2.24) is 4.72 Å². The van der Waals surface area contributed by atoms with Crippen molar-refractivity contribution in [1.29, 1.82) is 0 Å². The lowest BCUT2D eigenvalue weighted by Crippen LogP contribution is -2.28. The minimum atomic E-state index is -3.63. The van der Waals surface area contributed by atoms with Crippen molar-refractivity contribution in [3.63, 3.8) is 0 Å². The van der Waals surface area contributed by atoms with Crippen LogP contribution in [-0.4, -0.2) is 21.6 Å². The Morgan fingerprint density at radius 3 is 2.43 bits per heavy atom. The zero-order valence-corrected chi connectivity index (χ0v) is 14.7. The van der Waals surface area contributed by atoms with Crippen LogP contribution < -0.4 is 9.46 Å². The summed E-state index contributed by atoms with van der Waals surface area (Å²) >= 11 is 5.92. The number of ether oxygens (including phenoxy) is 1. The van der Waals surface area contributed by atoms with E-state index in [1.54, 1.807) is 18.2 Å². The summed E-state index contributed by atoms with van der Waals surface area (Å²) in [6.45, 7) is 4.58. The van der Waals surface area contributed by atoms with E-state index in [1.807, 2.05) is 24.3 Å². The van der Waals surface area contributed by atoms with E-state index in [9.17, 15) is 8.42 Å². The van der Waals surface area contributed by atoms with Gasteiger partial charge in [-0.25, -0.2) is 13.1 Å². The van der Waals surface area contributed by atoms with Gasteiger partial charge in [0.05, 0.1) is 5.02 Å². The highest BCUT2D eigenvalue weighted by atomic mass is 35.5. The summed E-state index contributed by atoms with van der Waals surface area (Å²) in [5, 5.41) is 0.200. The molecule has 0 heterocycles. The summed E-state index contributed by atoms with van der Waals surface area (Å²) in [7, 11) is -3.63. The average Bonchev–Trinajstić information content (AvgIpc) is 2.52. The maximum atomic E-state index is 12.2. The van der Waals surface area contributed by atoms with E-state index in [0.29, 0.717) is 5.92 Å². The number of nitrogens with one attached hydrogen (secondary N) is 1. The van der Waals surface area contributed by atoms with Crippen LogP contribution in [0.3, 0.4) is 0 Å². The number of hydrogen-bond acceptors (Lipinski definition) is 3. The van der Waals surface area contributed by atoms with E-state index in [4.69, 9.17) is 16.3 Å². The molecule has 0 atom stereocenters. The molecule has 1 N–H and O–H groups in total. The number of benzene rings is 2. The van der Waals surface area contributed by atoms with E-state index in [2.05, 4.69) is 18.6 Å². The van der Waals surface area contributed by atoms with Crippen molar-refractivity contribution in [2.75, 3.05) is 13.2 Å². The second-order valence-electron chi connectivity index (χ2n) is 5.37. The van der Waals surface area contributed by atoms with Crippen LogP contribution in [0, 0.1) is 0 Å². The number of sulfonamides is 1. The van der Waals surface area contributed by atoms with Gasteiger partial charge in [0.1, 0.15) is 17.3 Å². The van der Waals surface area contributed by atoms with Crippen LogP contribution in [0.4, 0.5) is 0 Å². The first-order chi connectivity index (χ1) is 10.9. The fourth-order valence-electron chi connectivity index (χ4n) is 2.17. The molecule has 0 spiro atoms. The topological polar surface area (TPSA) is 55.4 Å². The largest absolute Gasteiger partial charge is 0.492 e. The number of hydrogen-bond donors (Lipinski definition) is 1. The third-order valence-electron chi connectivity index (χ3n) is 3.32. The lowest BCUT2D eigenvalue weighted by molar-refractivity contribution is 0.318. The molecule has 0 aromatic heterocycles. The normalized spacial score (nSPS) is 11.7. The molecule has 2 rings (SSSR count). The first kappa shape index (κ1) is 17.8. The SMILES string of the molecule is CC(C)c1ccccc1OCCNS(=O)(=O)c1ccccc1Cl. The lowest BCUT2D eigenvalue weighted by atomic mass is 10.0. The van der Waals surface area contributed by atoms with Crippen molar-refractivity contribution in [2.24, 2.45) is 0 Å². The maximum Gasteiger partial charge on any atom is 0.242 e. The third-order valence-corrected chi connectivity index (χ3v) is 5.28. The van der Waals surface area contributed by atoms with Crippen molar-refractivity contribution in [2.45, 2.75) is 24.7 Å². The second-order valence-corrected chi connectivity index (χ2v) is 7.51. The number of halogens is 1. The van der Waals surface area contributed by atoms with Crippen LogP contribution in [0.2, 0.25) is 5.02 Å². The molecule has 23 heavy (non-hydrogen) atoms. The van der Waals surface area contributed by atoms with Gasteiger partial charge in [0.2, 0.25) is 10.0 Å². The molecule has 2 aromatic carbocycles. The smallest absolute Gasteiger partial charge is 0.242 e. The summed E-state index contributed by atoms with van der Waals surface area (Å²) in [4.78, 5) is 0.0734. The summed E-state index contributed by atoms with van der Waals surface area (Å²) < 4.78 is 32.6. The van der Waals surface area contributed by atoms with Gasteiger partial charge in [-0.2, -0.15) is 0 Å².